The van der Waals surface area contributed by atoms with Crippen molar-refractivity contribution >= 4 is 11.4 Å². The van der Waals surface area contributed by atoms with E-state index in [0.29, 0.717) is 6.04 Å². The van der Waals surface area contributed by atoms with E-state index in [-0.39, 0.29) is 0 Å². The van der Waals surface area contributed by atoms with E-state index in [0.717, 1.165) is 0 Å². The van der Waals surface area contributed by atoms with Crippen molar-refractivity contribution in [1.82, 2.24) is 0 Å². The second kappa shape index (κ2) is 5.47. The molecule has 1 atom stereocenters. The van der Waals surface area contributed by atoms with Crippen LogP contribution < -0.4 is 10.2 Å². The zero-order valence-corrected chi connectivity index (χ0v) is 10.9. The van der Waals surface area contributed by atoms with Gasteiger partial charge in [-0.15, -0.1) is 0 Å². The van der Waals surface area contributed by atoms with Gasteiger partial charge in [-0.3, -0.25) is 0 Å². The van der Waals surface area contributed by atoms with Crippen molar-refractivity contribution in [3.05, 3.63) is 36.4 Å². The summed E-state index contributed by atoms with van der Waals surface area (Å²) in [6, 6.07) is 9.46. The van der Waals surface area contributed by atoms with Crippen LogP contribution in [-0.2, 0) is 0 Å². The fourth-order valence-electron chi connectivity index (χ4n) is 2.89. The molecular weight excluding hydrogens is 220 g/mol. The van der Waals surface area contributed by atoms with Gasteiger partial charge in [0.25, 0.3) is 0 Å². The Kier molecular flexibility index (Phi) is 3.54. The van der Waals surface area contributed by atoms with Gasteiger partial charge in [0, 0.05) is 30.5 Å². The largest absolute Gasteiger partial charge is 0.379 e. The van der Waals surface area contributed by atoms with Crippen molar-refractivity contribution in [2.75, 3.05) is 23.3 Å². The van der Waals surface area contributed by atoms with Crippen LogP contribution in [0.5, 0.6) is 0 Å². The number of benzene rings is 1. The summed E-state index contributed by atoms with van der Waals surface area (Å²) >= 11 is 0. The quantitative estimate of drug-likeness (QED) is 0.811. The maximum atomic E-state index is 3.59. The third-order valence-electron chi connectivity index (χ3n) is 3.94. The molecule has 1 fully saturated rings. The first-order valence-electron chi connectivity index (χ1n) is 7.20. The molecule has 1 unspecified atom stereocenters. The van der Waals surface area contributed by atoms with E-state index in [1.54, 1.807) is 0 Å². The molecular formula is C16H22N2. The van der Waals surface area contributed by atoms with Crippen molar-refractivity contribution in [3.63, 3.8) is 0 Å². The Hall–Kier alpha value is -1.44. The summed E-state index contributed by atoms with van der Waals surface area (Å²) in [4.78, 5) is 2.48. The molecule has 0 bridgehead atoms. The van der Waals surface area contributed by atoms with E-state index in [1.807, 2.05) is 0 Å². The van der Waals surface area contributed by atoms with E-state index >= 15 is 0 Å². The third-order valence-corrected chi connectivity index (χ3v) is 3.94. The van der Waals surface area contributed by atoms with Crippen LogP contribution in [0.1, 0.15) is 32.1 Å². The van der Waals surface area contributed by atoms with Gasteiger partial charge >= 0.3 is 0 Å². The molecule has 96 valence electrons. The Bertz CT molecular complexity index is 402. The normalized spacial score (nSPS) is 23.3. The lowest BCUT2D eigenvalue weighted by molar-refractivity contribution is 0.674. The minimum atomic E-state index is 0.524. The second-order valence-corrected chi connectivity index (χ2v) is 5.35. The Labute approximate surface area is 110 Å². The maximum Gasteiger partial charge on any atom is 0.0444 e. The molecule has 2 aliphatic rings. The minimum absolute atomic E-state index is 0.524. The van der Waals surface area contributed by atoms with Gasteiger partial charge in [-0.2, -0.15) is 0 Å². The predicted octanol–water partition coefficient (Wildman–Crippen LogP) is 3.81. The lowest BCUT2D eigenvalue weighted by Crippen LogP contribution is -2.19. The molecule has 18 heavy (non-hydrogen) atoms. The molecule has 1 heterocycles. The molecule has 1 aliphatic heterocycles. The highest BCUT2D eigenvalue weighted by Crippen LogP contribution is 2.23. The van der Waals surface area contributed by atoms with Gasteiger partial charge in [0.1, 0.15) is 0 Å². The summed E-state index contributed by atoms with van der Waals surface area (Å²) < 4.78 is 0. The van der Waals surface area contributed by atoms with Crippen LogP contribution in [0.4, 0.5) is 11.4 Å². The minimum Gasteiger partial charge on any atom is -0.379 e. The van der Waals surface area contributed by atoms with Gasteiger partial charge < -0.3 is 10.2 Å². The third kappa shape index (κ3) is 2.69. The number of hydrogen-bond donors (Lipinski definition) is 1. The predicted molar refractivity (Wildman–Crippen MR) is 78.3 cm³/mol. The van der Waals surface area contributed by atoms with Crippen molar-refractivity contribution in [2.24, 2.45) is 0 Å². The summed E-state index contributed by atoms with van der Waals surface area (Å²) in [6.07, 6.45) is 11.1. The molecule has 0 aromatic heterocycles. The van der Waals surface area contributed by atoms with Crippen molar-refractivity contribution in [1.29, 1.82) is 0 Å². The highest BCUT2D eigenvalue weighted by atomic mass is 15.1. The Morgan fingerprint density at radius 1 is 1.00 bits per heavy atom. The molecule has 0 amide bonds. The highest BCUT2D eigenvalue weighted by Gasteiger charge is 2.12. The number of allylic oxidation sites excluding steroid dienone is 1. The van der Waals surface area contributed by atoms with Crippen LogP contribution in [-0.4, -0.2) is 19.1 Å². The fourth-order valence-corrected chi connectivity index (χ4v) is 2.89. The molecule has 0 spiro atoms. The van der Waals surface area contributed by atoms with Crippen molar-refractivity contribution in [2.45, 2.75) is 38.1 Å². The molecule has 0 saturated carbocycles. The molecule has 3 rings (SSSR count). The fraction of sp³-hybridized carbons (Fsp3) is 0.500. The van der Waals surface area contributed by atoms with Crippen LogP contribution in [0.25, 0.3) is 0 Å². The molecule has 1 N–H and O–H groups in total. The van der Waals surface area contributed by atoms with Crippen LogP contribution in [0.15, 0.2) is 36.4 Å². The van der Waals surface area contributed by atoms with Gasteiger partial charge in [-0.25, -0.2) is 0 Å². The van der Waals surface area contributed by atoms with Crippen molar-refractivity contribution in [3.8, 4) is 0 Å². The lowest BCUT2D eigenvalue weighted by Gasteiger charge is -2.21. The number of nitrogens with one attached hydrogen (secondary N) is 1. The summed E-state index contributed by atoms with van der Waals surface area (Å²) in [5.41, 5.74) is 2.62. The van der Waals surface area contributed by atoms with Crippen molar-refractivity contribution < 1.29 is 0 Å². The van der Waals surface area contributed by atoms with E-state index < -0.39 is 0 Å². The number of anilines is 2. The first-order chi connectivity index (χ1) is 8.92. The zero-order chi connectivity index (χ0) is 12.2. The SMILES string of the molecule is C1=CC(Nc2ccc(N3CCCC3)cc2)CCC1. The Morgan fingerprint density at radius 3 is 2.44 bits per heavy atom. The van der Waals surface area contributed by atoms with Crippen LogP contribution in [0.3, 0.4) is 0 Å². The first kappa shape index (κ1) is 11.6. The summed E-state index contributed by atoms with van der Waals surface area (Å²) in [7, 11) is 0. The molecule has 1 aliphatic carbocycles. The number of rotatable bonds is 3. The molecule has 2 heteroatoms. The molecule has 1 aromatic carbocycles. The average Bonchev–Trinajstić information content (AvgIpc) is 2.95. The van der Waals surface area contributed by atoms with E-state index in [1.165, 1.54) is 56.6 Å². The number of hydrogen-bond acceptors (Lipinski definition) is 2. The van der Waals surface area contributed by atoms with E-state index in [2.05, 4.69) is 46.6 Å². The molecule has 1 saturated heterocycles. The van der Waals surface area contributed by atoms with Gasteiger partial charge in [0.15, 0.2) is 0 Å². The first-order valence-corrected chi connectivity index (χ1v) is 7.20. The van der Waals surface area contributed by atoms with E-state index in [9.17, 15) is 0 Å². The lowest BCUT2D eigenvalue weighted by atomic mass is 10.0. The van der Waals surface area contributed by atoms with E-state index in [4.69, 9.17) is 0 Å². The Balaban J connectivity index is 1.63. The molecule has 1 aromatic rings. The topological polar surface area (TPSA) is 15.3 Å². The standard InChI is InChI=1S/C16H22N2/c1-2-6-14(7-3-1)17-15-8-10-16(11-9-15)18-12-4-5-13-18/h2,6,8-11,14,17H,1,3-5,7,12-13H2. The smallest absolute Gasteiger partial charge is 0.0444 e. The maximum absolute atomic E-state index is 3.59. The van der Waals surface area contributed by atoms with Gasteiger partial charge in [-0.05, 0) is 56.4 Å². The summed E-state index contributed by atoms with van der Waals surface area (Å²) in [5.74, 6) is 0. The zero-order valence-electron chi connectivity index (χ0n) is 10.9. The van der Waals surface area contributed by atoms with Crippen LogP contribution in [0, 0.1) is 0 Å². The second-order valence-electron chi connectivity index (χ2n) is 5.35. The monoisotopic (exact) mass is 242 g/mol. The van der Waals surface area contributed by atoms with Crippen LogP contribution in [0.2, 0.25) is 0 Å². The van der Waals surface area contributed by atoms with Gasteiger partial charge in [-0.1, -0.05) is 12.2 Å². The molecule has 0 radical (unpaired) electrons. The average molecular weight is 242 g/mol. The number of nitrogens with zero attached hydrogens (tertiary/aromatic N) is 1. The summed E-state index contributed by atoms with van der Waals surface area (Å²) in [5, 5.41) is 3.59. The summed E-state index contributed by atoms with van der Waals surface area (Å²) in [6.45, 7) is 2.44. The highest BCUT2D eigenvalue weighted by molar-refractivity contribution is 5.56. The Morgan fingerprint density at radius 2 is 1.78 bits per heavy atom. The van der Waals surface area contributed by atoms with Gasteiger partial charge in [0.05, 0.1) is 0 Å². The van der Waals surface area contributed by atoms with Crippen LogP contribution >= 0.6 is 0 Å². The van der Waals surface area contributed by atoms with Gasteiger partial charge in [0.2, 0.25) is 0 Å². The molecule has 2 nitrogen and oxygen atoms in total.